The van der Waals surface area contributed by atoms with Crippen LogP contribution in [0.4, 0.5) is 11.4 Å². The van der Waals surface area contributed by atoms with E-state index < -0.39 is 16.8 Å². The molecule has 0 saturated carbocycles. The Morgan fingerprint density at radius 2 is 2.14 bits per heavy atom. The number of amides is 1. The fourth-order valence-electron chi connectivity index (χ4n) is 2.38. The second kappa shape index (κ2) is 11.3. The molecule has 0 fully saturated rings. The van der Waals surface area contributed by atoms with Crippen molar-refractivity contribution in [2.24, 2.45) is 4.99 Å². The summed E-state index contributed by atoms with van der Waals surface area (Å²) in [6.07, 6.45) is 4.41. The summed E-state index contributed by atoms with van der Waals surface area (Å²) in [5.74, 6) is -0.740. The van der Waals surface area contributed by atoms with Crippen molar-refractivity contribution in [3.8, 4) is 0 Å². The Balaban J connectivity index is 3.31. The third-order valence-corrected chi connectivity index (χ3v) is 3.61. The topological polar surface area (TPSA) is 114 Å². The number of allylic oxidation sites excluding steroid dienone is 2. The average Bonchev–Trinajstić information content (AvgIpc) is 2.67. The summed E-state index contributed by atoms with van der Waals surface area (Å²) in [5, 5.41) is 14.0. The maximum Gasteiger partial charge on any atom is 0.307 e. The number of rotatable bonds is 10. The number of aliphatic imine (C=N–C) groups is 1. The summed E-state index contributed by atoms with van der Waals surface area (Å²) in [6.45, 7) is 7.20. The standard InChI is InChI=1S/C19H24N4O5/c1-5-8-17(21-6-2)22(12-11-18(24)28-7-3)19(25)14-9-10-15(20-4)16(13-14)23(26)27/h5-6,8-10,13,20H,1,7,11-12H2,2-4H3/b17-8+,21-6?. The second-order valence-corrected chi connectivity index (χ2v) is 5.40. The second-order valence-electron chi connectivity index (χ2n) is 5.40. The van der Waals surface area contributed by atoms with Gasteiger partial charge in [-0.3, -0.25) is 24.6 Å². The molecule has 150 valence electrons. The van der Waals surface area contributed by atoms with Gasteiger partial charge in [-0.25, -0.2) is 4.99 Å². The highest BCUT2D eigenvalue weighted by Gasteiger charge is 2.24. The van der Waals surface area contributed by atoms with Crippen LogP contribution in [-0.2, 0) is 9.53 Å². The molecule has 0 radical (unpaired) electrons. The third kappa shape index (κ3) is 6.04. The molecule has 28 heavy (non-hydrogen) atoms. The first kappa shape index (κ1) is 22.6. The number of nitrogens with one attached hydrogen (secondary N) is 1. The van der Waals surface area contributed by atoms with Crippen molar-refractivity contribution in [1.82, 2.24) is 4.90 Å². The molecular weight excluding hydrogens is 364 g/mol. The van der Waals surface area contributed by atoms with Crippen molar-refractivity contribution in [2.45, 2.75) is 20.3 Å². The first-order valence-corrected chi connectivity index (χ1v) is 8.64. The van der Waals surface area contributed by atoms with E-state index >= 15 is 0 Å². The van der Waals surface area contributed by atoms with E-state index in [1.54, 1.807) is 20.9 Å². The van der Waals surface area contributed by atoms with Crippen molar-refractivity contribution in [1.29, 1.82) is 0 Å². The zero-order valence-corrected chi connectivity index (χ0v) is 16.2. The van der Waals surface area contributed by atoms with E-state index in [1.165, 1.54) is 41.5 Å². The molecule has 0 atom stereocenters. The minimum Gasteiger partial charge on any atom is -0.466 e. The van der Waals surface area contributed by atoms with Crippen LogP contribution >= 0.6 is 0 Å². The van der Waals surface area contributed by atoms with Crippen LogP contribution in [0.15, 0.2) is 47.7 Å². The molecule has 0 heterocycles. The van der Waals surface area contributed by atoms with E-state index in [0.717, 1.165) is 0 Å². The number of ether oxygens (including phenoxy) is 1. The molecule has 1 aromatic rings. The summed E-state index contributed by atoms with van der Waals surface area (Å²) in [5.41, 5.74) is 0.149. The molecular formula is C19H24N4O5. The van der Waals surface area contributed by atoms with Gasteiger partial charge in [0, 0.05) is 31.4 Å². The summed E-state index contributed by atoms with van der Waals surface area (Å²) in [7, 11) is 1.55. The largest absolute Gasteiger partial charge is 0.466 e. The van der Waals surface area contributed by atoms with E-state index in [4.69, 9.17) is 4.74 Å². The number of benzene rings is 1. The van der Waals surface area contributed by atoms with Crippen molar-refractivity contribution in [2.75, 3.05) is 25.5 Å². The molecule has 0 unspecified atom stereocenters. The number of nitrogens with zero attached hydrogens (tertiary/aromatic N) is 3. The predicted molar refractivity (Wildman–Crippen MR) is 107 cm³/mol. The van der Waals surface area contributed by atoms with E-state index in [2.05, 4.69) is 16.9 Å². The van der Waals surface area contributed by atoms with Crippen molar-refractivity contribution < 1.29 is 19.2 Å². The lowest BCUT2D eigenvalue weighted by atomic mass is 10.1. The van der Waals surface area contributed by atoms with Crippen molar-refractivity contribution in [3.63, 3.8) is 0 Å². The smallest absolute Gasteiger partial charge is 0.307 e. The lowest BCUT2D eigenvalue weighted by Crippen LogP contribution is -2.32. The minimum absolute atomic E-state index is 0.00371. The lowest BCUT2D eigenvalue weighted by molar-refractivity contribution is -0.384. The molecule has 1 rings (SSSR count). The Morgan fingerprint density at radius 1 is 1.43 bits per heavy atom. The molecule has 1 aromatic carbocycles. The zero-order chi connectivity index (χ0) is 21.1. The SMILES string of the molecule is C=C/C=C(\N=CC)N(CCC(=O)OCC)C(=O)c1ccc(NC)c([N+](=O)[O-])c1. The van der Waals surface area contributed by atoms with Crippen molar-refractivity contribution >= 4 is 29.5 Å². The van der Waals surface area contributed by atoms with Crippen LogP contribution in [0.2, 0.25) is 0 Å². The molecule has 0 aliphatic rings. The number of anilines is 1. The molecule has 1 N–H and O–H groups in total. The van der Waals surface area contributed by atoms with Crippen LogP contribution in [0, 0.1) is 10.1 Å². The average molecular weight is 388 g/mol. The van der Waals surface area contributed by atoms with E-state index in [0.29, 0.717) is 0 Å². The van der Waals surface area contributed by atoms with Crippen LogP contribution in [0.25, 0.3) is 0 Å². The lowest BCUT2D eigenvalue weighted by Gasteiger charge is -2.22. The van der Waals surface area contributed by atoms with Gasteiger partial charge in [-0.2, -0.15) is 0 Å². The van der Waals surface area contributed by atoms with Crippen molar-refractivity contribution in [3.05, 3.63) is 58.4 Å². The maximum absolute atomic E-state index is 13.1. The van der Waals surface area contributed by atoms with Gasteiger partial charge in [0.25, 0.3) is 11.6 Å². The number of carbonyl (C=O) groups is 2. The number of hydrogen-bond donors (Lipinski definition) is 1. The summed E-state index contributed by atoms with van der Waals surface area (Å²) in [4.78, 5) is 40.9. The monoisotopic (exact) mass is 388 g/mol. The molecule has 0 saturated heterocycles. The highest BCUT2D eigenvalue weighted by Crippen LogP contribution is 2.26. The Morgan fingerprint density at radius 3 is 2.68 bits per heavy atom. The first-order valence-electron chi connectivity index (χ1n) is 8.64. The molecule has 9 nitrogen and oxygen atoms in total. The molecule has 9 heteroatoms. The third-order valence-electron chi connectivity index (χ3n) is 3.61. The Hall–Kier alpha value is -3.49. The normalized spacial score (nSPS) is 11.2. The fourth-order valence-corrected chi connectivity index (χ4v) is 2.38. The van der Waals surface area contributed by atoms with Gasteiger partial charge in [0.1, 0.15) is 11.5 Å². The van der Waals surface area contributed by atoms with Crippen LogP contribution in [0.3, 0.4) is 0 Å². The van der Waals surface area contributed by atoms with Gasteiger partial charge >= 0.3 is 5.97 Å². The van der Waals surface area contributed by atoms with Gasteiger partial charge in [-0.15, -0.1) is 0 Å². The van der Waals surface area contributed by atoms with Crippen LogP contribution in [-0.4, -0.2) is 48.1 Å². The predicted octanol–water partition coefficient (Wildman–Crippen LogP) is 3.15. The fraction of sp³-hybridized carbons (Fsp3) is 0.316. The highest BCUT2D eigenvalue weighted by molar-refractivity contribution is 5.97. The van der Waals surface area contributed by atoms with Crippen LogP contribution in [0.1, 0.15) is 30.6 Å². The van der Waals surface area contributed by atoms with E-state index in [9.17, 15) is 19.7 Å². The zero-order valence-electron chi connectivity index (χ0n) is 16.2. The maximum atomic E-state index is 13.1. The van der Waals surface area contributed by atoms with Gasteiger partial charge < -0.3 is 10.1 Å². The minimum atomic E-state index is -0.573. The Labute approximate surface area is 163 Å². The first-order chi connectivity index (χ1) is 13.4. The van der Waals surface area contributed by atoms with Gasteiger partial charge in [-0.05, 0) is 32.1 Å². The molecule has 0 aromatic heterocycles. The molecule has 0 spiro atoms. The molecule has 0 aliphatic carbocycles. The molecule has 1 amide bonds. The van der Waals surface area contributed by atoms with Gasteiger partial charge in [-0.1, -0.05) is 12.7 Å². The van der Waals surface area contributed by atoms with Crippen LogP contribution < -0.4 is 5.32 Å². The molecule has 0 aliphatic heterocycles. The number of nitro benzene ring substituents is 1. The molecule has 0 bridgehead atoms. The Bertz CT molecular complexity index is 802. The number of nitro groups is 1. The number of hydrogen-bond acceptors (Lipinski definition) is 7. The quantitative estimate of drug-likeness (QED) is 0.216. The van der Waals surface area contributed by atoms with Gasteiger partial charge in [0.05, 0.1) is 18.0 Å². The number of carbonyl (C=O) groups excluding carboxylic acids is 2. The van der Waals surface area contributed by atoms with E-state index in [1.807, 2.05) is 0 Å². The summed E-state index contributed by atoms with van der Waals surface area (Å²) in [6, 6.07) is 4.11. The summed E-state index contributed by atoms with van der Waals surface area (Å²) < 4.78 is 4.91. The van der Waals surface area contributed by atoms with Gasteiger partial charge in [0.2, 0.25) is 0 Å². The van der Waals surface area contributed by atoms with E-state index in [-0.39, 0.29) is 42.3 Å². The number of esters is 1. The van der Waals surface area contributed by atoms with Gasteiger partial charge in [0.15, 0.2) is 0 Å². The highest BCUT2D eigenvalue weighted by atomic mass is 16.6. The summed E-state index contributed by atoms with van der Waals surface area (Å²) >= 11 is 0. The van der Waals surface area contributed by atoms with Crippen LogP contribution in [0.5, 0.6) is 0 Å². The Kier molecular flexibility index (Phi) is 9.08.